The van der Waals surface area contributed by atoms with E-state index in [9.17, 15) is 4.79 Å². The van der Waals surface area contributed by atoms with E-state index >= 15 is 0 Å². The number of unbranched alkanes of at least 4 members (excludes halogenated alkanes) is 3. The second-order valence-corrected chi connectivity index (χ2v) is 8.82. The molecule has 168 valence electrons. The van der Waals surface area contributed by atoms with Crippen molar-refractivity contribution >= 4 is 17.5 Å². The molecule has 4 heteroatoms. The highest BCUT2D eigenvalue weighted by atomic mass is 35.5. The topological polar surface area (TPSA) is 52.3 Å². The van der Waals surface area contributed by atoms with E-state index in [4.69, 9.17) is 22.1 Å². The number of primary amides is 1. The molecule has 32 heavy (non-hydrogen) atoms. The summed E-state index contributed by atoms with van der Waals surface area (Å²) in [7, 11) is 0. The lowest BCUT2D eigenvalue weighted by Crippen LogP contribution is -2.13. The average molecular weight is 450 g/mol. The Kier molecular flexibility index (Phi) is 8.35. The van der Waals surface area contributed by atoms with Crippen molar-refractivity contribution in [2.75, 3.05) is 0 Å². The van der Waals surface area contributed by atoms with Gasteiger partial charge in [-0.2, -0.15) is 0 Å². The van der Waals surface area contributed by atoms with E-state index in [2.05, 4.69) is 32.9 Å². The van der Waals surface area contributed by atoms with Crippen molar-refractivity contribution in [2.45, 2.75) is 59.0 Å². The summed E-state index contributed by atoms with van der Waals surface area (Å²) in [5.74, 6) is 0.503. The van der Waals surface area contributed by atoms with Gasteiger partial charge in [-0.25, -0.2) is 0 Å². The number of carbonyl (C=O) groups is 1. The zero-order chi connectivity index (χ0) is 23.1. The molecule has 0 bridgehead atoms. The first-order valence-electron chi connectivity index (χ1n) is 11.3. The smallest absolute Gasteiger partial charge is 0.248 e. The van der Waals surface area contributed by atoms with Gasteiger partial charge in [0.2, 0.25) is 5.91 Å². The maximum Gasteiger partial charge on any atom is 0.248 e. The molecule has 3 nitrogen and oxygen atoms in total. The molecule has 3 rings (SSSR count). The number of benzene rings is 3. The zero-order valence-electron chi connectivity index (χ0n) is 19.2. The molecule has 2 N–H and O–H groups in total. The van der Waals surface area contributed by atoms with Crippen molar-refractivity contribution < 1.29 is 9.53 Å². The number of rotatable bonds is 10. The number of nitrogens with two attached hydrogens (primary N) is 1. The summed E-state index contributed by atoms with van der Waals surface area (Å²) >= 11 is 6.05. The highest BCUT2D eigenvalue weighted by Crippen LogP contribution is 2.35. The molecule has 3 aromatic rings. The van der Waals surface area contributed by atoms with Crippen LogP contribution in [0.2, 0.25) is 5.02 Å². The van der Waals surface area contributed by atoms with Crippen molar-refractivity contribution in [3.63, 3.8) is 0 Å². The predicted molar refractivity (Wildman–Crippen MR) is 133 cm³/mol. The van der Waals surface area contributed by atoms with Gasteiger partial charge in [-0.15, -0.1) is 0 Å². The zero-order valence-corrected chi connectivity index (χ0v) is 19.9. The van der Waals surface area contributed by atoms with Gasteiger partial charge < -0.3 is 10.5 Å². The Balaban J connectivity index is 1.87. The van der Waals surface area contributed by atoms with E-state index in [1.807, 2.05) is 36.4 Å². The molecule has 0 radical (unpaired) electrons. The van der Waals surface area contributed by atoms with Crippen LogP contribution in [-0.4, -0.2) is 5.91 Å². The minimum absolute atomic E-state index is 0.0763. The first-order valence-corrected chi connectivity index (χ1v) is 11.7. The molecule has 1 atom stereocenters. The molecule has 0 aromatic heterocycles. The summed E-state index contributed by atoms with van der Waals surface area (Å²) in [6.07, 6.45) is 5.55. The van der Waals surface area contributed by atoms with Crippen LogP contribution in [-0.2, 0) is 0 Å². The van der Waals surface area contributed by atoms with Gasteiger partial charge in [-0.1, -0.05) is 62.1 Å². The van der Waals surface area contributed by atoms with E-state index < -0.39 is 5.91 Å². The Bertz CT molecular complexity index is 1020. The standard InChI is InChI=1S/C28H32ClNO2/c1-4-5-6-7-8-26(22-9-11-23(12-10-22)28(30)31)32-27-19(2)17-24(18-20(27)3)21-13-15-25(29)16-14-21/h9-18,26H,4-8H2,1-3H3,(H2,30,31). The molecule has 0 aliphatic heterocycles. The Morgan fingerprint density at radius 3 is 2.09 bits per heavy atom. The third-order valence-corrected chi connectivity index (χ3v) is 6.04. The van der Waals surface area contributed by atoms with Crippen molar-refractivity contribution in [3.05, 3.63) is 87.9 Å². The number of hydrogen-bond donors (Lipinski definition) is 1. The number of halogens is 1. The Labute approximate surface area is 196 Å². The number of aryl methyl sites for hydroxylation is 2. The third kappa shape index (κ3) is 6.14. The first-order chi connectivity index (χ1) is 15.4. The molecule has 0 saturated carbocycles. The van der Waals surface area contributed by atoms with Gasteiger partial charge >= 0.3 is 0 Å². The number of carbonyl (C=O) groups excluding carboxylic acids is 1. The Morgan fingerprint density at radius 1 is 0.906 bits per heavy atom. The van der Waals surface area contributed by atoms with E-state index in [-0.39, 0.29) is 6.10 Å². The second-order valence-electron chi connectivity index (χ2n) is 8.39. The van der Waals surface area contributed by atoms with Crippen LogP contribution >= 0.6 is 11.6 Å². The van der Waals surface area contributed by atoms with Gasteiger partial charge in [-0.3, -0.25) is 4.79 Å². The van der Waals surface area contributed by atoms with Gasteiger partial charge in [0.05, 0.1) is 0 Å². The highest BCUT2D eigenvalue weighted by Gasteiger charge is 2.17. The molecular weight excluding hydrogens is 418 g/mol. The summed E-state index contributed by atoms with van der Waals surface area (Å²) in [6, 6.07) is 19.7. The number of amides is 1. The Hall–Kier alpha value is -2.78. The van der Waals surface area contributed by atoms with Crippen LogP contribution in [0.1, 0.15) is 72.2 Å². The summed E-state index contributed by atoms with van der Waals surface area (Å²) in [4.78, 5) is 11.5. The van der Waals surface area contributed by atoms with Crippen LogP contribution in [0.15, 0.2) is 60.7 Å². The molecule has 0 aliphatic carbocycles. The minimum atomic E-state index is -0.415. The quantitative estimate of drug-likeness (QED) is 0.321. The third-order valence-electron chi connectivity index (χ3n) is 5.78. The molecule has 3 aromatic carbocycles. The maximum atomic E-state index is 11.5. The average Bonchev–Trinajstić information content (AvgIpc) is 2.78. The van der Waals surface area contributed by atoms with Crippen LogP contribution in [0.3, 0.4) is 0 Å². The summed E-state index contributed by atoms with van der Waals surface area (Å²) in [5, 5.41) is 0.732. The van der Waals surface area contributed by atoms with E-state index in [0.717, 1.165) is 51.4 Å². The maximum absolute atomic E-state index is 11.5. The lowest BCUT2D eigenvalue weighted by atomic mass is 9.98. The predicted octanol–water partition coefficient (Wildman–Crippen LogP) is 7.81. The fraction of sp³-hybridized carbons (Fsp3) is 0.321. The van der Waals surface area contributed by atoms with E-state index in [0.29, 0.717) is 5.56 Å². The summed E-state index contributed by atoms with van der Waals surface area (Å²) < 4.78 is 6.62. The first kappa shape index (κ1) is 23.9. The van der Waals surface area contributed by atoms with Crippen LogP contribution in [0.5, 0.6) is 5.75 Å². The van der Waals surface area contributed by atoms with Gasteiger partial charge in [-0.05, 0) is 90.9 Å². The number of ether oxygens (including phenoxy) is 1. The van der Waals surface area contributed by atoms with Gasteiger partial charge in [0.1, 0.15) is 11.9 Å². The van der Waals surface area contributed by atoms with Crippen molar-refractivity contribution in [2.24, 2.45) is 5.73 Å². The lowest BCUT2D eigenvalue weighted by Gasteiger charge is -2.23. The van der Waals surface area contributed by atoms with Gasteiger partial charge in [0.15, 0.2) is 0 Å². The molecule has 1 amide bonds. The molecule has 0 saturated heterocycles. The molecule has 0 aliphatic rings. The van der Waals surface area contributed by atoms with Crippen molar-refractivity contribution in [1.29, 1.82) is 0 Å². The van der Waals surface area contributed by atoms with Crippen LogP contribution in [0.4, 0.5) is 0 Å². The lowest BCUT2D eigenvalue weighted by molar-refractivity contribution is 0.1000. The van der Waals surface area contributed by atoms with Crippen LogP contribution in [0, 0.1) is 13.8 Å². The fourth-order valence-electron chi connectivity index (χ4n) is 4.00. The molecule has 0 heterocycles. The normalized spacial score (nSPS) is 11.9. The highest BCUT2D eigenvalue weighted by molar-refractivity contribution is 6.30. The monoisotopic (exact) mass is 449 g/mol. The minimum Gasteiger partial charge on any atom is -0.485 e. The van der Waals surface area contributed by atoms with Crippen molar-refractivity contribution in [1.82, 2.24) is 0 Å². The number of hydrogen-bond acceptors (Lipinski definition) is 2. The van der Waals surface area contributed by atoms with E-state index in [1.165, 1.54) is 19.3 Å². The molecule has 0 fully saturated rings. The SMILES string of the molecule is CCCCCCC(Oc1c(C)cc(-c2ccc(Cl)cc2)cc1C)c1ccc(C(N)=O)cc1. The summed E-state index contributed by atoms with van der Waals surface area (Å²) in [5.41, 5.74) is 11.5. The van der Waals surface area contributed by atoms with Gasteiger partial charge in [0, 0.05) is 10.6 Å². The van der Waals surface area contributed by atoms with E-state index in [1.54, 1.807) is 12.1 Å². The van der Waals surface area contributed by atoms with Crippen molar-refractivity contribution in [3.8, 4) is 16.9 Å². The molecule has 1 unspecified atom stereocenters. The van der Waals surface area contributed by atoms with Gasteiger partial charge in [0.25, 0.3) is 0 Å². The largest absolute Gasteiger partial charge is 0.485 e. The molecular formula is C28H32ClNO2. The van der Waals surface area contributed by atoms with Crippen LogP contribution in [0.25, 0.3) is 11.1 Å². The second kappa shape index (κ2) is 11.2. The Morgan fingerprint density at radius 2 is 1.53 bits per heavy atom. The summed E-state index contributed by atoms with van der Waals surface area (Å²) in [6.45, 7) is 6.39. The molecule has 0 spiro atoms. The van der Waals surface area contributed by atoms with Crippen LogP contribution < -0.4 is 10.5 Å². The fourth-order valence-corrected chi connectivity index (χ4v) is 4.13.